The van der Waals surface area contributed by atoms with Crippen LogP contribution in [0.25, 0.3) is 0 Å². The van der Waals surface area contributed by atoms with Crippen LogP contribution in [0.2, 0.25) is 0 Å². The SMILES string of the molecule is O=C(c1ccnc(F)c1)N1CCCSCC1. The van der Waals surface area contributed by atoms with E-state index in [0.29, 0.717) is 5.56 Å². The number of halogens is 1. The van der Waals surface area contributed by atoms with E-state index in [1.807, 2.05) is 11.8 Å². The highest BCUT2D eigenvalue weighted by molar-refractivity contribution is 7.99. The Kier molecular flexibility index (Phi) is 3.77. The summed E-state index contributed by atoms with van der Waals surface area (Å²) in [6.45, 7) is 1.50. The number of nitrogens with zero attached hydrogens (tertiary/aromatic N) is 2. The molecule has 1 amide bonds. The van der Waals surface area contributed by atoms with E-state index in [1.54, 1.807) is 11.0 Å². The second-order valence-corrected chi connectivity index (χ2v) is 4.85. The third kappa shape index (κ3) is 2.72. The number of pyridine rings is 1. The van der Waals surface area contributed by atoms with Gasteiger partial charge >= 0.3 is 0 Å². The van der Waals surface area contributed by atoms with Crippen LogP contribution < -0.4 is 0 Å². The molecule has 0 atom stereocenters. The van der Waals surface area contributed by atoms with Gasteiger partial charge in [0.15, 0.2) is 0 Å². The van der Waals surface area contributed by atoms with Crippen LogP contribution in [0.15, 0.2) is 18.3 Å². The third-order valence-electron chi connectivity index (χ3n) is 2.48. The van der Waals surface area contributed by atoms with Crippen molar-refractivity contribution < 1.29 is 9.18 Å². The Hall–Kier alpha value is -1.10. The molecule has 2 heterocycles. The van der Waals surface area contributed by atoms with Gasteiger partial charge in [-0.1, -0.05) is 0 Å². The lowest BCUT2D eigenvalue weighted by atomic mass is 10.2. The van der Waals surface area contributed by atoms with Gasteiger partial charge in [0.2, 0.25) is 5.95 Å². The van der Waals surface area contributed by atoms with Gasteiger partial charge in [-0.15, -0.1) is 0 Å². The Labute approximate surface area is 98.0 Å². The van der Waals surface area contributed by atoms with Crippen molar-refractivity contribution in [1.82, 2.24) is 9.88 Å². The summed E-state index contributed by atoms with van der Waals surface area (Å²) in [6.07, 6.45) is 2.33. The van der Waals surface area contributed by atoms with Crippen LogP contribution in [-0.4, -0.2) is 40.4 Å². The minimum atomic E-state index is -0.602. The zero-order valence-corrected chi connectivity index (χ0v) is 9.67. The van der Waals surface area contributed by atoms with E-state index in [9.17, 15) is 9.18 Å². The first-order chi connectivity index (χ1) is 7.77. The smallest absolute Gasteiger partial charge is 0.254 e. The molecule has 0 saturated carbocycles. The molecule has 3 nitrogen and oxygen atoms in total. The fraction of sp³-hybridized carbons (Fsp3) is 0.455. The average molecular weight is 240 g/mol. The summed E-state index contributed by atoms with van der Waals surface area (Å²) in [5.41, 5.74) is 0.388. The average Bonchev–Trinajstić information content (AvgIpc) is 2.56. The molecule has 2 rings (SSSR count). The summed E-state index contributed by atoms with van der Waals surface area (Å²) < 4.78 is 12.9. The molecule has 1 aliphatic heterocycles. The summed E-state index contributed by atoms with van der Waals surface area (Å²) in [4.78, 5) is 17.3. The lowest BCUT2D eigenvalue weighted by molar-refractivity contribution is 0.0768. The number of carbonyl (C=O) groups is 1. The maximum Gasteiger partial charge on any atom is 0.254 e. The number of aromatic nitrogens is 1. The fourth-order valence-electron chi connectivity index (χ4n) is 1.67. The molecular weight excluding hydrogens is 227 g/mol. The third-order valence-corrected chi connectivity index (χ3v) is 3.53. The molecule has 0 aliphatic carbocycles. The maximum absolute atomic E-state index is 12.9. The highest BCUT2D eigenvalue weighted by Gasteiger charge is 2.17. The Morgan fingerprint density at radius 3 is 3.12 bits per heavy atom. The van der Waals surface area contributed by atoms with E-state index in [-0.39, 0.29) is 5.91 Å². The number of rotatable bonds is 1. The van der Waals surface area contributed by atoms with Crippen LogP contribution in [0.1, 0.15) is 16.8 Å². The van der Waals surface area contributed by atoms with Crippen LogP contribution in [0.3, 0.4) is 0 Å². The van der Waals surface area contributed by atoms with Gasteiger partial charge in [0, 0.05) is 36.7 Å². The molecule has 1 fully saturated rings. The topological polar surface area (TPSA) is 33.2 Å². The number of carbonyl (C=O) groups excluding carboxylic acids is 1. The number of amides is 1. The normalized spacial score (nSPS) is 16.9. The van der Waals surface area contributed by atoms with E-state index < -0.39 is 5.95 Å². The summed E-state index contributed by atoms with van der Waals surface area (Å²) in [5, 5.41) is 0. The van der Waals surface area contributed by atoms with Crippen molar-refractivity contribution in [1.29, 1.82) is 0 Å². The molecule has 0 bridgehead atoms. The van der Waals surface area contributed by atoms with Crippen molar-refractivity contribution in [3.05, 3.63) is 29.8 Å². The van der Waals surface area contributed by atoms with Crippen molar-refractivity contribution in [3.63, 3.8) is 0 Å². The van der Waals surface area contributed by atoms with E-state index in [1.165, 1.54) is 12.3 Å². The van der Waals surface area contributed by atoms with Gasteiger partial charge in [0.25, 0.3) is 5.91 Å². The molecule has 0 spiro atoms. The first kappa shape index (κ1) is 11.4. The van der Waals surface area contributed by atoms with E-state index >= 15 is 0 Å². The van der Waals surface area contributed by atoms with Gasteiger partial charge in [0.1, 0.15) is 0 Å². The molecule has 1 aliphatic rings. The molecule has 1 aromatic heterocycles. The second-order valence-electron chi connectivity index (χ2n) is 3.63. The van der Waals surface area contributed by atoms with Gasteiger partial charge in [0.05, 0.1) is 0 Å². The van der Waals surface area contributed by atoms with Gasteiger partial charge in [-0.2, -0.15) is 16.2 Å². The summed E-state index contributed by atoms with van der Waals surface area (Å²) >= 11 is 1.85. The lowest BCUT2D eigenvalue weighted by Gasteiger charge is -2.19. The van der Waals surface area contributed by atoms with E-state index in [0.717, 1.165) is 31.0 Å². The second kappa shape index (κ2) is 5.30. The molecule has 0 aromatic carbocycles. The first-order valence-corrected chi connectivity index (χ1v) is 6.41. The van der Waals surface area contributed by atoms with Gasteiger partial charge < -0.3 is 4.90 Å². The Morgan fingerprint density at radius 1 is 1.44 bits per heavy atom. The minimum Gasteiger partial charge on any atom is -0.338 e. The Bertz CT molecular complexity index is 378. The quantitative estimate of drug-likeness (QED) is 0.702. The van der Waals surface area contributed by atoms with Gasteiger partial charge in [-0.3, -0.25) is 4.79 Å². The Balaban J connectivity index is 2.11. The molecule has 86 valence electrons. The van der Waals surface area contributed by atoms with E-state index in [2.05, 4.69) is 4.98 Å². The van der Waals surface area contributed by atoms with Crippen molar-refractivity contribution in [2.45, 2.75) is 6.42 Å². The maximum atomic E-state index is 12.9. The van der Waals surface area contributed by atoms with Crippen molar-refractivity contribution in [3.8, 4) is 0 Å². The predicted molar refractivity (Wildman–Crippen MR) is 62.0 cm³/mol. The predicted octanol–water partition coefficient (Wildman–Crippen LogP) is 1.80. The van der Waals surface area contributed by atoms with Crippen molar-refractivity contribution in [2.75, 3.05) is 24.6 Å². The molecule has 0 radical (unpaired) electrons. The highest BCUT2D eigenvalue weighted by Crippen LogP contribution is 2.13. The zero-order chi connectivity index (χ0) is 11.4. The number of hydrogen-bond donors (Lipinski definition) is 0. The highest BCUT2D eigenvalue weighted by atomic mass is 32.2. The molecule has 1 aromatic rings. The van der Waals surface area contributed by atoms with Crippen LogP contribution in [0, 0.1) is 5.95 Å². The molecular formula is C11H13FN2OS. The van der Waals surface area contributed by atoms with Crippen molar-refractivity contribution >= 4 is 17.7 Å². The van der Waals surface area contributed by atoms with Gasteiger partial charge in [-0.05, 0) is 18.2 Å². The zero-order valence-electron chi connectivity index (χ0n) is 8.86. The van der Waals surface area contributed by atoms with Crippen LogP contribution in [0.4, 0.5) is 4.39 Å². The molecule has 1 saturated heterocycles. The fourth-order valence-corrected chi connectivity index (χ4v) is 2.55. The summed E-state index contributed by atoms with van der Waals surface area (Å²) in [6, 6.07) is 2.75. The van der Waals surface area contributed by atoms with E-state index in [4.69, 9.17) is 0 Å². The largest absolute Gasteiger partial charge is 0.338 e. The number of hydrogen-bond acceptors (Lipinski definition) is 3. The van der Waals surface area contributed by atoms with Gasteiger partial charge in [-0.25, -0.2) is 4.98 Å². The number of thioether (sulfide) groups is 1. The monoisotopic (exact) mass is 240 g/mol. The lowest BCUT2D eigenvalue weighted by Crippen LogP contribution is -2.33. The molecule has 0 unspecified atom stereocenters. The minimum absolute atomic E-state index is 0.0937. The Morgan fingerprint density at radius 2 is 2.31 bits per heavy atom. The van der Waals surface area contributed by atoms with Crippen LogP contribution in [-0.2, 0) is 0 Å². The molecule has 5 heteroatoms. The summed E-state index contributed by atoms with van der Waals surface area (Å²) in [5.74, 6) is 1.35. The first-order valence-electron chi connectivity index (χ1n) is 5.26. The van der Waals surface area contributed by atoms with Crippen LogP contribution in [0.5, 0.6) is 0 Å². The van der Waals surface area contributed by atoms with Crippen LogP contribution >= 0.6 is 11.8 Å². The standard InChI is InChI=1S/C11H13FN2OS/c12-10-8-9(2-3-13-10)11(15)14-4-1-6-16-7-5-14/h2-3,8H,1,4-7H2. The molecule has 0 N–H and O–H groups in total. The molecule has 16 heavy (non-hydrogen) atoms. The van der Waals surface area contributed by atoms with Crippen molar-refractivity contribution in [2.24, 2.45) is 0 Å². The summed E-state index contributed by atoms with van der Waals surface area (Å²) in [7, 11) is 0.